The molecule has 1 aliphatic rings. The van der Waals surface area contributed by atoms with Crippen molar-refractivity contribution in [2.45, 2.75) is 6.54 Å². The molecule has 1 aromatic carbocycles. The Hall–Kier alpha value is -1.84. The summed E-state index contributed by atoms with van der Waals surface area (Å²) in [5.74, 6) is -0.635. The van der Waals surface area contributed by atoms with Crippen molar-refractivity contribution in [2.75, 3.05) is 58.4 Å². The van der Waals surface area contributed by atoms with Gasteiger partial charge in [-0.3, -0.25) is 14.6 Å². The molecule has 2 rings (SSSR count). The highest BCUT2D eigenvalue weighted by atomic mass is 32.2. The molecule has 1 saturated heterocycles. The van der Waals surface area contributed by atoms with Gasteiger partial charge in [0.25, 0.3) is 0 Å². The fourth-order valence-corrected chi connectivity index (χ4v) is 4.00. The van der Waals surface area contributed by atoms with Crippen molar-refractivity contribution in [2.24, 2.45) is 0 Å². The Balaban J connectivity index is 1.84. The number of hydrogen-bond donors (Lipinski definition) is 1. The number of aliphatic carboxylic acids is 1. The van der Waals surface area contributed by atoms with Gasteiger partial charge in [-0.15, -0.1) is 0 Å². The average Bonchev–Trinajstić information content (AvgIpc) is 2.60. The molecule has 0 spiro atoms. The van der Waals surface area contributed by atoms with Crippen molar-refractivity contribution < 1.29 is 27.8 Å². The van der Waals surface area contributed by atoms with Gasteiger partial charge in [-0.05, 0) is 18.2 Å². The Morgan fingerprint density at radius 1 is 1.12 bits per heavy atom. The number of rotatable bonds is 9. The van der Waals surface area contributed by atoms with Crippen LogP contribution in [0.5, 0.6) is 11.5 Å². The van der Waals surface area contributed by atoms with Crippen LogP contribution in [-0.2, 0) is 21.2 Å². The standard InChI is InChI=1S/C17H26N2O6S/c1-24-15-3-4-16(25-2)14(11-15)12-19-7-5-18(6-8-19)9-10-26(22,23)13-17(20)21/h3-4,11H,5-10,12-13H2,1-2H3,(H,20,21). The Bertz CT molecular complexity index is 714. The minimum atomic E-state index is -3.54. The van der Waals surface area contributed by atoms with Gasteiger partial charge in [-0.2, -0.15) is 0 Å². The normalized spacial score (nSPS) is 16.4. The summed E-state index contributed by atoms with van der Waals surface area (Å²) in [6.45, 7) is 4.19. The summed E-state index contributed by atoms with van der Waals surface area (Å²) in [4.78, 5) is 14.9. The lowest BCUT2D eigenvalue weighted by Crippen LogP contribution is -2.47. The number of nitrogens with zero attached hydrogens (tertiary/aromatic N) is 2. The summed E-state index contributed by atoms with van der Waals surface area (Å²) < 4.78 is 34.0. The number of carbonyl (C=O) groups is 1. The number of piperazine rings is 1. The fraction of sp³-hybridized carbons (Fsp3) is 0.588. The zero-order chi connectivity index (χ0) is 19.2. The lowest BCUT2D eigenvalue weighted by molar-refractivity contribution is -0.134. The maximum Gasteiger partial charge on any atom is 0.318 e. The van der Waals surface area contributed by atoms with Gasteiger partial charge in [0.2, 0.25) is 0 Å². The lowest BCUT2D eigenvalue weighted by Gasteiger charge is -2.34. The third-order valence-electron chi connectivity index (χ3n) is 4.41. The van der Waals surface area contributed by atoms with Crippen LogP contribution in [0.4, 0.5) is 0 Å². The van der Waals surface area contributed by atoms with E-state index in [9.17, 15) is 13.2 Å². The average molecular weight is 386 g/mol. The van der Waals surface area contributed by atoms with Crippen LogP contribution in [0.1, 0.15) is 5.56 Å². The summed E-state index contributed by atoms with van der Waals surface area (Å²) in [6.07, 6.45) is 0. The highest BCUT2D eigenvalue weighted by molar-refractivity contribution is 7.92. The van der Waals surface area contributed by atoms with Crippen molar-refractivity contribution in [3.63, 3.8) is 0 Å². The summed E-state index contributed by atoms with van der Waals surface area (Å²) in [6, 6.07) is 5.71. The van der Waals surface area contributed by atoms with E-state index in [1.807, 2.05) is 18.2 Å². The van der Waals surface area contributed by atoms with Crippen LogP contribution in [0.2, 0.25) is 0 Å². The first-order valence-electron chi connectivity index (χ1n) is 8.41. The van der Waals surface area contributed by atoms with Gasteiger partial charge in [0.15, 0.2) is 9.84 Å². The van der Waals surface area contributed by atoms with Crippen LogP contribution < -0.4 is 9.47 Å². The van der Waals surface area contributed by atoms with Crippen molar-refractivity contribution in [1.29, 1.82) is 0 Å². The van der Waals surface area contributed by atoms with E-state index in [0.717, 1.165) is 49.8 Å². The minimum absolute atomic E-state index is 0.122. The lowest BCUT2D eigenvalue weighted by atomic mass is 10.1. The maximum absolute atomic E-state index is 11.7. The van der Waals surface area contributed by atoms with Gasteiger partial charge < -0.3 is 14.6 Å². The summed E-state index contributed by atoms with van der Waals surface area (Å²) in [5, 5.41) is 8.62. The number of hydrogen-bond acceptors (Lipinski definition) is 7. The van der Waals surface area contributed by atoms with E-state index in [1.165, 1.54) is 0 Å². The van der Waals surface area contributed by atoms with Crippen molar-refractivity contribution in [3.05, 3.63) is 23.8 Å². The molecule has 1 aromatic rings. The third-order valence-corrected chi connectivity index (χ3v) is 5.90. The highest BCUT2D eigenvalue weighted by Crippen LogP contribution is 2.25. The number of ether oxygens (including phenoxy) is 2. The highest BCUT2D eigenvalue weighted by Gasteiger charge is 2.21. The molecule has 0 bridgehead atoms. The zero-order valence-corrected chi connectivity index (χ0v) is 16.0. The molecular formula is C17H26N2O6S. The molecule has 0 radical (unpaired) electrons. The molecule has 0 amide bonds. The predicted octanol–water partition coefficient (Wildman–Crippen LogP) is 0.321. The molecule has 26 heavy (non-hydrogen) atoms. The topological polar surface area (TPSA) is 96.4 Å². The van der Waals surface area contributed by atoms with Crippen LogP contribution in [0, 0.1) is 0 Å². The van der Waals surface area contributed by atoms with Crippen molar-refractivity contribution in [1.82, 2.24) is 9.80 Å². The Morgan fingerprint density at radius 2 is 1.77 bits per heavy atom. The molecule has 1 N–H and O–H groups in total. The number of sulfone groups is 1. The van der Waals surface area contributed by atoms with Crippen LogP contribution in [-0.4, -0.2) is 87.7 Å². The molecule has 0 aromatic heterocycles. The number of methoxy groups -OCH3 is 2. The van der Waals surface area contributed by atoms with E-state index < -0.39 is 21.6 Å². The predicted molar refractivity (Wildman–Crippen MR) is 97.6 cm³/mol. The Labute approximate surface area is 154 Å². The molecule has 146 valence electrons. The second kappa shape index (κ2) is 9.20. The summed E-state index contributed by atoms with van der Waals surface area (Å²) >= 11 is 0. The van der Waals surface area contributed by atoms with Gasteiger partial charge in [0, 0.05) is 44.8 Å². The molecule has 0 atom stereocenters. The van der Waals surface area contributed by atoms with Gasteiger partial charge in [-0.25, -0.2) is 8.42 Å². The van der Waals surface area contributed by atoms with Crippen LogP contribution in [0.3, 0.4) is 0 Å². The smallest absolute Gasteiger partial charge is 0.318 e. The molecule has 8 nitrogen and oxygen atoms in total. The molecule has 0 unspecified atom stereocenters. The molecule has 9 heteroatoms. The molecule has 1 aliphatic heterocycles. The van der Waals surface area contributed by atoms with Crippen LogP contribution >= 0.6 is 0 Å². The molecule has 1 heterocycles. The van der Waals surface area contributed by atoms with E-state index >= 15 is 0 Å². The van der Waals surface area contributed by atoms with Gasteiger partial charge in [0.1, 0.15) is 17.3 Å². The third kappa shape index (κ3) is 6.15. The van der Waals surface area contributed by atoms with Gasteiger partial charge in [-0.1, -0.05) is 0 Å². The number of carboxylic acids is 1. The second-order valence-electron chi connectivity index (χ2n) is 6.28. The van der Waals surface area contributed by atoms with Crippen molar-refractivity contribution in [3.8, 4) is 11.5 Å². The molecule has 1 fully saturated rings. The second-order valence-corrected chi connectivity index (χ2v) is 8.47. The Morgan fingerprint density at radius 3 is 2.35 bits per heavy atom. The number of benzene rings is 1. The quantitative estimate of drug-likeness (QED) is 0.648. The zero-order valence-electron chi connectivity index (χ0n) is 15.2. The first kappa shape index (κ1) is 20.5. The molecular weight excluding hydrogens is 360 g/mol. The molecule has 0 saturated carbocycles. The first-order valence-corrected chi connectivity index (χ1v) is 10.2. The monoisotopic (exact) mass is 386 g/mol. The van der Waals surface area contributed by atoms with E-state index in [0.29, 0.717) is 6.54 Å². The first-order chi connectivity index (χ1) is 12.3. The summed E-state index contributed by atoms with van der Waals surface area (Å²) in [5.41, 5.74) is 1.05. The van der Waals surface area contributed by atoms with Gasteiger partial charge >= 0.3 is 5.97 Å². The van der Waals surface area contributed by atoms with E-state index in [2.05, 4.69) is 9.80 Å². The maximum atomic E-state index is 11.7. The van der Waals surface area contributed by atoms with Crippen LogP contribution in [0.15, 0.2) is 18.2 Å². The van der Waals surface area contributed by atoms with Crippen molar-refractivity contribution >= 4 is 15.8 Å². The van der Waals surface area contributed by atoms with Gasteiger partial charge in [0.05, 0.1) is 20.0 Å². The van der Waals surface area contributed by atoms with E-state index in [4.69, 9.17) is 14.6 Å². The number of carboxylic acid groups (broad SMARTS) is 1. The molecule has 0 aliphatic carbocycles. The summed E-state index contributed by atoms with van der Waals surface area (Å²) in [7, 11) is -0.277. The van der Waals surface area contributed by atoms with E-state index in [-0.39, 0.29) is 5.75 Å². The fourth-order valence-electron chi connectivity index (χ4n) is 2.95. The SMILES string of the molecule is COc1ccc(OC)c(CN2CCN(CCS(=O)(=O)CC(=O)O)CC2)c1. The Kier molecular flexibility index (Phi) is 7.24. The largest absolute Gasteiger partial charge is 0.497 e. The van der Waals surface area contributed by atoms with Crippen LogP contribution in [0.25, 0.3) is 0 Å². The van der Waals surface area contributed by atoms with E-state index in [1.54, 1.807) is 14.2 Å². The minimum Gasteiger partial charge on any atom is -0.497 e.